The highest BCUT2D eigenvalue weighted by atomic mass is 16.6. The lowest BCUT2D eigenvalue weighted by Crippen LogP contribution is -2.51. The second kappa shape index (κ2) is 29.4. The van der Waals surface area contributed by atoms with Crippen LogP contribution in [0.25, 0.3) is 0 Å². The summed E-state index contributed by atoms with van der Waals surface area (Å²) in [7, 11) is 0. The van der Waals surface area contributed by atoms with Crippen LogP contribution in [-0.2, 0) is 28.7 Å². The molecule has 16 atom stereocenters. The number of fused-ring (bicyclic) bond motifs is 10. The maximum atomic E-state index is 13.2. The summed E-state index contributed by atoms with van der Waals surface area (Å²) in [6, 6.07) is 16.1. The van der Waals surface area contributed by atoms with Gasteiger partial charge in [-0.25, -0.2) is 0 Å². The van der Waals surface area contributed by atoms with Crippen molar-refractivity contribution in [3.05, 3.63) is 95.1 Å². The fourth-order valence-electron chi connectivity index (χ4n) is 21.1. The van der Waals surface area contributed by atoms with Gasteiger partial charge in [-0.3, -0.25) is 29.2 Å². The number of ether oxygens (including phenoxy) is 4. The molecule has 8 aliphatic rings. The van der Waals surface area contributed by atoms with Crippen molar-refractivity contribution >= 4 is 47.7 Å². The number of allylic oxidation sites excluding steroid dienone is 2. The van der Waals surface area contributed by atoms with Gasteiger partial charge in [-0.2, -0.15) is 0 Å². The lowest BCUT2D eigenvalue weighted by atomic mass is 9.47. The number of benzene rings is 3. The molecule has 0 amide bonds. The zero-order valence-corrected chi connectivity index (χ0v) is 58.6. The molecule has 510 valence electrons. The lowest BCUT2D eigenvalue weighted by Gasteiger charge is -2.58. The first-order valence-electron chi connectivity index (χ1n) is 37.0. The molecule has 0 bridgehead atoms. The van der Waals surface area contributed by atoms with Crippen molar-refractivity contribution in [3.63, 3.8) is 0 Å². The van der Waals surface area contributed by atoms with Gasteiger partial charge in [0.1, 0.15) is 35.2 Å². The third kappa shape index (κ3) is 15.1. The molecule has 0 unspecified atom stereocenters. The Morgan fingerprint density at radius 3 is 1.30 bits per heavy atom. The molecule has 6 fully saturated rings. The molecule has 6 saturated carbocycles. The summed E-state index contributed by atoms with van der Waals surface area (Å²) in [6.07, 6.45) is 33.5. The molecule has 0 saturated heterocycles. The number of aliphatic imine (C=N–C) groups is 2. The molecule has 11 rings (SSSR count). The predicted molar refractivity (Wildman–Crippen MR) is 373 cm³/mol. The van der Waals surface area contributed by atoms with E-state index >= 15 is 0 Å². The van der Waals surface area contributed by atoms with Crippen LogP contribution in [0.2, 0.25) is 0 Å². The second-order valence-corrected chi connectivity index (χ2v) is 32.7. The first kappa shape index (κ1) is 69.3. The third-order valence-corrected chi connectivity index (χ3v) is 26.2. The zero-order chi connectivity index (χ0) is 66.7. The van der Waals surface area contributed by atoms with E-state index in [1.165, 1.54) is 126 Å². The highest BCUT2D eigenvalue weighted by molar-refractivity contribution is 5.90. The summed E-state index contributed by atoms with van der Waals surface area (Å²) in [5, 5.41) is 21.9. The Kier molecular flexibility index (Phi) is 21.6. The van der Waals surface area contributed by atoms with Crippen LogP contribution in [0.1, 0.15) is 247 Å². The summed E-state index contributed by atoms with van der Waals surface area (Å²) >= 11 is 0. The van der Waals surface area contributed by atoms with Gasteiger partial charge in [-0.05, 0) is 219 Å². The summed E-state index contributed by atoms with van der Waals surface area (Å²) in [5.41, 5.74) is 5.83. The van der Waals surface area contributed by atoms with E-state index in [9.17, 15) is 29.4 Å². The molecule has 0 radical (unpaired) electrons. The Balaban J connectivity index is 0.595. The molecular weight excluding hydrogens is 1170 g/mol. The molecule has 94 heavy (non-hydrogen) atoms. The number of esters is 4. The van der Waals surface area contributed by atoms with E-state index in [4.69, 9.17) is 18.9 Å². The first-order chi connectivity index (χ1) is 44.9. The molecule has 0 spiro atoms. The van der Waals surface area contributed by atoms with Gasteiger partial charge >= 0.3 is 23.9 Å². The van der Waals surface area contributed by atoms with E-state index in [0.29, 0.717) is 45.2 Å². The SMILES string of the molecule is CC(C)CCC[C@@H](C)[C@H]1CC[C@H]2[C@@H]3CC=C4C[C@@H](OC(=O)CCC(=O)Oc5ccc(C=Nc6ccccc6N=Cc6ccc(OC(=O)CCC(=O)O[C@H]7CC[C@@]8(C)C(=CC[C@H]9[C@@H]%10CC[C@H]([C@H](C)CCCC(C)C)[C@@]%10(C)CC[C@@H]98)C7)cc6O)c(O)c5)CC[C@]4(C)[C@H]3CC[C@]12C. The van der Waals surface area contributed by atoms with Crippen LogP contribution in [-0.4, -0.2) is 58.7 Å². The number of rotatable bonds is 24. The maximum absolute atomic E-state index is 13.2. The van der Waals surface area contributed by atoms with E-state index in [-0.39, 0.29) is 71.7 Å². The van der Waals surface area contributed by atoms with E-state index in [1.807, 2.05) is 0 Å². The molecular formula is C82H112N2O10. The number of phenols is 2. The third-order valence-electron chi connectivity index (χ3n) is 26.2. The Hall–Kier alpha value is -6.04. The van der Waals surface area contributed by atoms with Gasteiger partial charge in [0, 0.05) is 48.5 Å². The van der Waals surface area contributed by atoms with Gasteiger partial charge in [0.2, 0.25) is 0 Å². The summed E-state index contributed by atoms with van der Waals surface area (Å²) in [5.74, 6) is 7.20. The van der Waals surface area contributed by atoms with Gasteiger partial charge in [-0.1, -0.05) is 143 Å². The van der Waals surface area contributed by atoms with Crippen molar-refractivity contribution in [2.75, 3.05) is 0 Å². The minimum absolute atomic E-state index is 0.0913. The molecule has 0 aromatic heterocycles. The zero-order valence-electron chi connectivity index (χ0n) is 58.6. The quantitative estimate of drug-likeness (QED) is 0.0381. The molecule has 2 N–H and O–H groups in total. The van der Waals surface area contributed by atoms with Crippen LogP contribution >= 0.6 is 0 Å². The van der Waals surface area contributed by atoms with Gasteiger partial charge < -0.3 is 29.2 Å². The summed E-state index contributed by atoms with van der Waals surface area (Å²) in [4.78, 5) is 61.5. The van der Waals surface area contributed by atoms with E-state index in [0.717, 1.165) is 111 Å². The number of phenolic OH excluding ortho intramolecular Hbond substituents is 2. The minimum atomic E-state index is -0.599. The molecule has 0 aliphatic heterocycles. The van der Waals surface area contributed by atoms with Gasteiger partial charge in [-0.15, -0.1) is 0 Å². The number of carbonyl (C=O) groups is 4. The van der Waals surface area contributed by atoms with Gasteiger partial charge in [0.25, 0.3) is 0 Å². The monoisotopic (exact) mass is 1280 g/mol. The Labute approximate surface area is 562 Å². The van der Waals surface area contributed by atoms with Crippen molar-refractivity contribution in [2.24, 2.45) is 103 Å². The largest absolute Gasteiger partial charge is 0.507 e. The topological polar surface area (TPSA) is 170 Å². The van der Waals surface area contributed by atoms with Crippen LogP contribution < -0.4 is 9.47 Å². The van der Waals surface area contributed by atoms with Gasteiger partial charge in [0.05, 0.1) is 37.1 Å². The van der Waals surface area contributed by atoms with Crippen molar-refractivity contribution in [2.45, 2.75) is 248 Å². The molecule has 12 nitrogen and oxygen atoms in total. The smallest absolute Gasteiger partial charge is 0.311 e. The van der Waals surface area contributed by atoms with Crippen LogP contribution in [0.5, 0.6) is 23.0 Å². The number of aromatic hydroxyl groups is 2. The van der Waals surface area contributed by atoms with Gasteiger partial charge in [0.15, 0.2) is 0 Å². The minimum Gasteiger partial charge on any atom is -0.507 e. The number of para-hydroxylation sites is 2. The standard InChI is InChI=1S/C82H112N2O10/c1-51(2)15-13-17-53(5)65-29-31-67-63-27-23-57-45-61(37-41-79(57,7)69(63)39-43-81(65,67)9)93-77(89)35-33-75(87)91-59-25-21-55(73(85)47-59)49-83-71-19-11-12-20-72(71)84-50-56-22-26-60(48-74(56)86)92-76(88)34-36-78(90)94-62-38-42-80(8)58(46-62)24-28-64-68-32-30-66(54(6)18-14-16-52(3)4)82(68,10)44-40-70(64)80/h11-12,19-26,47-54,61-70,85-86H,13-18,27-46H2,1-10H3/t53-,54-,61+,62+,63+,64+,65-,66-,67+,68+,69+,70+,79+,80+,81-,82-/m1/s1. The predicted octanol–water partition coefficient (Wildman–Crippen LogP) is 19.9. The normalized spacial score (nSPS) is 32.5. The Bertz CT molecular complexity index is 3120. The number of hydrogen-bond acceptors (Lipinski definition) is 12. The number of nitrogens with zero attached hydrogens (tertiary/aromatic N) is 2. The van der Waals surface area contributed by atoms with E-state index in [2.05, 4.69) is 91.4 Å². The highest BCUT2D eigenvalue weighted by Crippen LogP contribution is 2.69. The first-order valence-corrected chi connectivity index (χ1v) is 37.0. The van der Waals surface area contributed by atoms with E-state index in [1.54, 1.807) is 48.5 Å². The molecule has 12 heteroatoms. The van der Waals surface area contributed by atoms with Crippen molar-refractivity contribution in [1.29, 1.82) is 0 Å². The van der Waals surface area contributed by atoms with E-state index < -0.39 is 23.9 Å². The van der Waals surface area contributed by atoms with Crippen LogP contribution in [0.4, 0.5) is 11.4 Å². The highest BCUT2D eigenvalue weighted by Gasteiger charge is 2.61. The van der Waals surface area contributed by atoms with Crippen LogP contribution in [0, 0.1) is 92.7 Å². The number of carbonyl (C=O) groups excluding carboxylic acids is 4. The van der Waals surface area contributed by atoms with Crippen molar-refractivity contribution < 1.29 is 48.3 Å². The Morgan fingerprint density at radius 1 is 0.500 bits per heavy atom. The molecule has 8 aliphatic carbocycles. The molecule has 3 aromatic rings. The van der Waals surface area contributed by atoms with Crippen LogP contribution in [0.15, 0.2) is 93.9 Å². The fourth-order valence-corrected chi connectivity index (χ4v) is 21.1. The maximum Gasteiger partial charge on any atom is 0.311 e. The number of hydrogen-bond donors (Lipinski definition) is 2. The average Bonchev–Trinajstić information content (AvgIpc) is 1.36. The molecule has 0 heterocycles. The van der Waals surface area contributed by atoms with Crippen LogP contribution in [0.3, 0.4) is 0 Å². The fraction of sp³-hybridized carbons (Fsp3) is 0.659. The van der Waals surface area contributed by atoms with Crippen molar-refractivity contribution in [3.8, 4) is 23.0 Å². The average molecular weight is 1290 g/mol. The Morgan fingerprint density at radius 2 is 0.904 bits per heavy atom. The second-order valence-electron chi connectivity index (χ2n) is 32.7. The molecule has 3 aromatic carbocycles. The lowest BCUT2D eigenvalue weighted by molar-refractivity contribution is -0.154. The summed E-state index contributed by atoms with van der Waals surface area (Å²) in [6.45, 7) is 24.7. The van der Waals surface area contributed by atoms with Crippen molar-refractivity contribution in [1.82, 2.24) is 0 Å². The summed E-state index contributed by atoms with van der Waals surface area (Å²) < 4.78 is 23.2.